The molecule has 0 aliphatic carbocycles. The van der Waals surface area contributed by atoms with Gasteiger partial charge in [-0.2, -0.15) is 0 Å². The number of ketones is 1. The average molecular weight is 209 g/mol. The first-order valence-electron chi connectivity index (χ1n) is 4.69. The molecule has 1 amide bonds. The number of Topliss-reactive ketones (excluding diaryl/α,β-unsaturated/α-hetero) is 1. The highest BCUT2D eigenvalue weighted by molar-refractivity contribution is 5.98. The summed E-state index contributed by atoms with van der Waals surface area (Å²) in [6, 6.07) is 2.83. The zero-order valence-corrected chi connectivity index (χ0v) is 8.86. The lowest BCUT2D eigenvalue weighted by Crippen LogP contribution is -2.42. The molecule has 15 heavy (non-hydrogen) atoms. The van der Waals surface area contributed by atoms with Crippen LogP contribution in [0.3, 0.4) is 0 Å². The summed E-state index contributed by atoms with van der Waals surface area (Å²) in [4.78, 5) is 27.1. The molecule has 1 heterocycles. The molecule has 0 aliphatic rings. The Morgan fingerprint density at radius 2 is 2.27 bits per heavy atom. The fourth-order valence-corrected chi connectivity index (χ4v) is 1.23. The SMILES string of the molecule is C[C@H](N)C(=O)N(C)CC(=O)c1ccc[nH]1. The summed E-state index contributed by atoms with van der Waals surface area (Å²) in [5.74, 6) is -0.369. The Labute approximate surface area is 88.3 Å². The Morgan fingerprint density at radius 3 is 2.73 bits per heavy atom. The molecule has 0 saturated carbocycles. The van der Waals surface area contributed by atoms with Gasteiger partial charge in [-0.25, -0.2) is 0 Å². The lowest BCUT2D eigenvalue weighted by Gasteiger charge is -2.17. The molecule has 0 spiro atoms. The zero-order valence-electron chi connectivity index (χ0n) is 8.86. The number of nitrogens with two attached hydrogens (primary N) is 1. The maximum absolute atomic E-state index is 11.6. The highest BCUT2D eigenvalue weighted by atomic mass is 16.2. The van der Waals surface area contributed by atoms with Gasteiger partial charge in [-0.05, 0) is 19.1 Å². The molecule has 0 radical (unpaired) electrons. The van der Waals surface area contributed by atoms with Gasteiger partial charge >= 0.3 is 0 Å². The number of aromatic nitrogens is 1. The van der Waals surface area contributed by atoms with Crippen molar-refractivity contribution < 1.29 is 9.59 Å². The van der Waals surface area contributed by atoms with Crippen LogP contribution in [0.5, 0.6) is 0 Å². The van der Waals surface area contributed by atoms with E-state index >= 15 is 0 Å². The molecule has 0 saturated heterocycles. The standard InChI is InChI=1S/C10H15N3O2/c1-7(11)10(15)13(2)6-9(14)8-4-3-5-12-8/h3-5,7,12H,6,11H2,1-2H3/t7-/m0/s1. The minimum absolute atomic E-state index is 0.0425. The van der Waals surface area contributed by atoms with Gasteiger partial charge < -0.3 is 15.6 Å². The third-order valence-corrected chi connectivity index (χ3v) is 2.04. The van der Waals surface area contributed by atoms with Crippen LogP contribution in [0.25, 0.3) is 0 Å². The van der Waals surface area contributed by atoms with E-state index in [0.29, 0.717) is 5.69 Å². The third kappa shape index (κ3) is 2.92. The summed E-state index contributed by atoms with van der Waals surface area (Å²) in [5.41, 5.74) is 5.92. The number of amides is 1. The topological polar surface area (TPSA) is 79.2 Å². The molecule has 1 rings (SSSR count). The van der Waals surface area contributed by atoms with Crippen molar-refractivity contribution in [1.82, 2.24) is 9.88 Å². The monoisotopic (exact) mass is 209 g/mol. The van der Waals surface area contributed by atoms with Gasteiger partial charge in [0.25, 0.3) is 0 Å². The first kappa shape index (κ1) is 11.5. The number of hydrogen-bond acceptors (Lipinski definition) is 3. The highest BCUT2D eigenvalue weighted by Gasteiger charge is 2.17. The van der Waals surface area contributed by atoms with Gasteiger partial charge in [0.2, 0.25) is 5.91 Å². The summed E-state index contributed by atoms with van der Waals surface area (Å²) < 4.78 is 0. The zero-order chi connectivity index (χ0) is 11.4. The van der Waals surface area contributed by atoms with Crippen LogP contribution in [0, 0.1) is 0 Å². The minimum atomic E-state index is -0.577. The van der Waals surface area contributed by atoms with Gasteiger partial charge in [0, 0.05) is 13.2 Å². The van der Waals surface area contributed by atoms with Crippen molar-refractivity contribution in [3.63, 3.8) is 0 Å². The van der Waals surface area contributed by atoms with Gasteiger partial charge in [-0.3, -0.25) is 9.59 Å². The van der Waals surface area contributed by atoms with Gasteiger partial charge in [-0.1, -0.05) is 0 Å². The van der Waals surface area contributed by atoms with Gasteiger partial charge in [-0.15, -0.1) is 0 Å². The molecule has 0 unspecified atom stereocenters. The predicted molar refractivity (Wildman–Crippen MR) is 56.4 cm³/mol. The van der Waals surface area contributed by atoms with E-state index in [1.807, 2.05) is 0 Å². The van der Waals surface area contributed by atoms with E-state index in [1.165, 1.54) is 4.90 Å². The van der Waals surface area contributed by atoms with Gasteiger partial charge in [0.15, 0.2) is 5.78 Å². The van der Waals surface area contributed by atoms with E-state index in [2.05, 4.69) is 4.98 Å². The lowest BCUT2D eigenvalue weighted by molar-refractivity contribution is -0.130. The summed E-state index contributed by atoms with van der Waals surface area (Å²) in [5, 5.41) is 0. The van der Waals surface area contributed by atoms with E-state index in [0.717, 1.165) is 0 Å². The van der Waals surface area contributed by atoms with Crippen LogP contribution in [-0.2, 0) is 4.79 Å². The second kappa shape index (κ2) is 4.75. The maximum atomic E-state index is 11.6. The fourth-order valence-electron chi connectivity index (χ4n) is 1.23. The Bertz CT molecular complexity index is 344. The van der Waals surface area contributed by atoms with Crippen molar-refractivity contribution in [2.75, 3.05) is 13.6 Å². The molecule has 5 nitrogen and oxygen atoms in total. The van der Waals surface area contributed by atoms with Crippen LogP contribution in [0.4, 0.5) is 0 Å². The molecule has 0 bridgehead atoms. The third-order valence-electron chi connectivity index (χ3n) is 2.04. The Kier molecular flexibility index (Phi) is 3.62. The quantitative estimate of drug-likeness (QED) is 0.685. The number of hydrogen-bond donors (Lipinski definition) is 2. The summed E-state index contributed by atoms with van der Waals surface area (Å²) in [6.45, 7) is 1.64. The van der Waals surface area contributed by atoms with E-state index in [4.69, 9.17) is 5.73 Å². The van der Waals surface area contributed by atoms with E-state index in [-0.39, 0.29) is 18.2 Å². The van der Waals surface area contributed by atoms with Crippen molar-refractivity contribution in [1.29, 1.82) is 0 Å². The molecule has 0 fully saturated rings. The first-order valence-corrected chi connectivity index (χ1v) is 4.69. The largest absolute Gasteiger partial charge is 0.359 e. The summed E-state index contributed by atoms with van der Waals surface area (Å²) >= 11 is 0. The number of carbonyl (C=O) groups excluding carboxylic acids is 2. The number of rotatable bonds is 4. The number of H-pyrrole nitrogens is 1. The minimum Gasteiger partial charge on any atom is -0.359 e. The number of nitrogens with one attached hydrogen (secondary N) is 1. The van der Waals surface area contributed by atoms with Crippen LogP contribution in [-0.4, -0.2) is 41.2 Å². The Morgan fingerprint density at radius 1 is 1.60 bits per heavy atom. The van der Waals surface area contributed by atoms with E-state index in [9.17, 15) is 9.59 Å². The summed E-state index contributed by atoms with van der Waals surface area (Å²) in [6.07, 6.45) is 1.67. The molecule has 5 heteroatoms. The normalized spacial score (nSPS) is 12.2. The number of carbonyl (C=O) groups is 2. The van der Waals surface area contributed by atoms with Crippen molar-refractivity contribution in [3.05, 3.63) is 24.0 Å². The summed E-state index contributed by atoms with van der Waals surface area (Å²) in [7, 11) is 1.56. The van der Waals surface area contributed by atoms with E-state index in [1.54, 1.807) is 32.3 Å². The molecule has 1 aromatic heterocycles. The predicted octanol–water partition coefficient (Wildman–Crippen LogP) is 0.00300. The van der Waals surface area contributed by atoms with Crippen molar-refractivity contribution >= 4 is 11.7 Å². The van der Waals surface area contributed by atoms with Gasteiger partial charge in [0.05, 0.1) is 18.3 Å². The molecular weight excluding hydrogens is 194 g/mol. The van der Waals surface area contributed by atoms with Crippen molar-refractivity contribution in [2.45, 2.75) is 13.0 Å². The van der Waals surface area contributed by atoms with Crippen LogP contribution in [0.1, 0.15) is 17.4 Å². The number of aromatic amines is 1. The second-order valence-electron chi connectivity index (χ2n) is 3.49. The fraction of sp³-hybridized carbons (Fsp3) is 0.400. The second-order valence-corrected chi connectivity index (χ2v) is 3.49. The Hall–Kier alpha value is -1.62. The lowest BCUT2D eigenvalue weighted by atomic mass is 10.2. The van der Waals surface area contributed by atoms with Crippen LogP contribution >= 0.6 is 0 Å². The van der Waals surface area contributed by atoms with Crippen LogP contribution in [0.2, 0.25) is 0 Å². The molecule has 1 atom stereocenters. The molecule has 82 valence electrons. The first-order chi connectivity index (χ1) is 7.02. The van der Waals surface area contributed by atoms with Crippen molar-refractivity contribution in [3.8, 4) is 0 Å². The van der Waals surface area contributed by atoms with Crippen LogP contribution in [0.15, 0.2) is 18.3 Å². The molecule has 0 aromatic carbocycles. The molecule has 1 aromatic rings. The maximum Gasteiger partial charge on any atom is 0.239 e. The molecule has 0 aliphatic heterocycles. The van der Waals surface area contributed by atoms with E-state index < -0.39 is 6.04 Å². The van der Waals surface area contributed by atoms with Crippen molar-refractivity contribution in [2.24, 2.45) is 5.73 Å². The number of nitrogens with zero attached hydrogens (tertiary/aromatic N) is 1. The smallest absolute Gasteiger partial charge is 0.239 e. The highest BCUT2D eigenvalue weighted by Crippen LogP contribution is 1.98. The van der Waals surface area contributed by atoms with Crippen LogP contribution < -0.4 is 5.73 Å². The molecular formula is C10H15N3O2. The number of likely N-dealkylation sites (N-methyl/N-ethyl adjacent to an activating group) is 1. The van der Waals surface area contributed by atoms with Gasteiger partial charge in [0.1, 0.15) is 0 Å². The average Bonchev–Trinajstić information content (AvgIpc) is 2.68. The molecule has 3 N–H and O–H groups in total. The Balaban J connectivity index is 2.56.